The topological polar surface area (TPSA) is 12.0 Å². The van der Waals surface area contributed by atoms with E-state index in [-0.39, 0.29) is 0 Å². The molecule has 0 bridgehead atoms. The summed E-state index contributed by atoms with van der Waals surface area (Å²) in [5, 5.41) is 3.29. The van der Waals surface area contributed by atoms with Crippen LogP contribution in [0, 0.1) is 9.49 Å². The Morgan fingerprint density at radius 1 is 1.16 bits per heavy atom. The molecule has 0 spiro atoms. The van der Waals surface area contributed by atoms with E-state index in [0.717, 1.165) is 18.3 Å². The minimum atomic E-state index is -4.26. The lowest BCUT2D eigenvalue weighted by Gasteiger charge is -2.22. The Balaban J connectivity index is 1.97. The molecule has 0 atom stereocenters. The molecule has 0 unspecified atom stereocenters. The van der Waals surface area contributed by atoms with E-state index < -0.39 is 11.7 Å². The molecule has 0 radical (unpaired) electrons. The van der Waals surface area contributed by atoms with Crippen LogP contribution in [-0.4, -0.2) is 6.54 Å². The Morgan fingerprint density at radius 2 is 1.84 bits per heavy atom. The third-order valence-corrected chi connectivity index (χ3v) is 4.49. The maximum atomic E-state index is 12.6. The van der Waals surface area contributed by atoms with Gasteiger partial charge < -0.3 is 5.32 Å². The van der Waals surface area contributed by atoms with Crippen molar-refractivity contribution in [1.29, 1.82) is 0 Å². The number of anilines is 1. The van der Waals surface area contributed by atoms with Gasteiger partial charge in [0.1, 0.15) is 0 Å². The average Bonchev–Trinajstić information content (AvgIpc) is 2.37. The highest BCUT2D eigenvalue weighted by molar-refractivity contribution is 14.1. The Kier molecular flexibility index (Phi) is 4.97. The van der Waals surface area contributed by atoms with Gasteiger partial charge in [0.25, 0.3) is 0 Å². The second-order valence-corrected chi connectivity index (χ2v) is 6.24. The highest BCUT2D eigenvalue weighted by atomic mass is 127. The van der Waals surface area contributed by atoms with Crippen LogP contribution in [0.3, 0.4) is 0 Å². The molecule has 0 amide bonds. The molecule has 2 rings (SSSR count). The van der Waals surface area contributed by atoms with E-state index in [1.165, 1.54) is 44.2 Å². The van der Waals surface area contributed by atoms with Crippen molar-refractivity contribution in [3.05, 3.63) is 27.3 Å². The summed E-state index contributed by atoms with van der Waals surface area (Å²) in [5.41, 5.74) is 0.222. The monoisotopic (exact) mass is 383 g/mol. The Hall–Kier alpha value is -0.460. The highest BCUT2D eigenvalue weighted by Crippen LogP contribution is 2.32. The van der Waals surface area contributed by atoms with E-state index in [0.29, 0.717) is 9.49 Å². The molecule has 0 aromatic heterocycles. The summed E-state index contributed by atoms with van der Waals surface area (Å²) in [5.74, 6) is 0.659. The molecule has 1 saturated carbocycles. The van der Waals surface area contributed by atoms with E-state index in [1.54, 1.807) is 0 Å². The Labute approximate surface area is 125 Å². The van der Waals surface area contributed by atoms with Crippen LogP contribution in [0.15, 0.2) is 18.2 Å². The van der Waals surface area contributed by atoms with Crippen molar-refractivity contribution in [2.24, 2.45) is 5.92 Å². The molecule has 1 nitrogen and oxygen atoms in total. The van der Waals surface area contributed by atoms with Crippen molar-refractivity contribution in [1.82, 2.24) is 0 Å². The average molecular weight is 383 g/mol. The summed E-state index contributed by atoms with van der Waals surface area (Å²) >= 11 is 1.96. The van der Waals surface area contributed by atoms with Gasteiger partial charge in [0, 0.05) is 15.8 Å². The first-order valence-electron chi connectivity index (χ1n) is 6.57. The number of nitrogens with one attached hydrogen (secondary N) is 1. The molecule has 0 aliphatic heterocycles. The van der Waals surface area contributed by atoms with E-state index in [1.807, 2.05) is 22.6 Å². The van der Waals surface area contributed by atoms with Gasteiger partial charge >= 0.3 is 6.18 Å². The summed E-state index contributed by atoms with van der Waals surface area (Å²) in [6.45, 7) is 0.862. The SMILES string of the molecule is FC(F)(F)c1ccc(NCC2CCCCC2)c(I)c1. The molecule has 1 aromatic rings. The number of halogens is 4. The van der Waals surface area contributed by atoms with Crippen molar-refractivity contribution < 1.29 is 13.2 Å². The van der Waals surface area contributed by atoms with Crippen molar-refractivity contribution in [2.75, 3.05) is 11.9 Å². The molecule has 0 heterocycles. The minimum Gasteiger partial charge on any atom is -0.384 e. The van der Waals surface area contributed by atoms with Gasteiger partial charge in [0.2, 0.25) is 0 Å². The van der Waals surface area contributed by atoms with Gasteiger partial charge in [0.05, 0.1) is 5.56 Å². The minimum absolute atomic E-state index is 0.583. The summed E-state index contributed by atoms with van der Waals surface area (Å²) in [6, 6.07) is 3.88. The first kappa shape index (κ1) is 14.9. The van der Waals surface area contributed by atoms with E-state index >= 15 is 0 Å². The van der Waals surface area contributed by atoms with Crippen LogP contribution in [0.4, 0.5) is 18.9 Å². The lowest BCUT2D eigenvalue weighted by atomic mass is 9.89. The van der Waals surface area contributed by atoms with E-state index in [2.05, 4.69) is 5.32 Å². The molecule has 1 N–H and O–H groups in total. The van der Waals surface area contributed by atoms with Crippen molar-refractivity contribution in [2.45, 2.75) is 38.3 Å². The third kappa shape index (κ3) is 4.26. The largest absolute Gasteiger partial charge is 0.416 e. The van der Waals surface area contributed by atoms with Gasteiger partial charge in [0.15, 0.2) is 0 Å². The first-order chi connectivity index (χ1) is 8.97. The van der Waals surface area contributed by atoms with Gasteiger partial charge in [-0.25, -0.2) is 0 Å². The molecule has 1 aromatic carbocycles. The summed E-state index contributed by atoms with van der Waals surface area (Å²) < 4.78 is 38.3. The standard InChI is InChI=1S/C14H17F3IN/c15-14(16,17)11-6-7-13(12(18)8-11)19-9-10-4-2-1-3-5-10/h6-8,10,19H,1-5,9H2. The predicted octanol–water partition coefficient (Wildman–Crippen LogP) is 5.30. The van der Waals surface area contributed by atoms with Gasteiger partial charge in [-0.3, -0.25) is 0 Å². The molecule has 1 fully saturated rings. The second kappa shape index (κ2) is 6.33. The number of hydrogen-bond acceptors (Lipinski definition) is 1. The summed E-state index contributed by atoms with van der Waals surface area (Å²) in [4.78, 5) is 0. The maximum Gasteiger partial charge on any atom is 0.416 e. The second-order valence-electron chi connectivity index (χ2n) is 5.08. The van der Waals surface area contributed by atoms with Crippen LogP contribution < -0.4 is 5.32 Å². The zero-order valence-corrected chi connectivity index (χ0v) is 12.7. The Bertz CT molecular complexity index is 425. The fraction of sp³-hybridized carbons (Fsp3) is 0.571. The molecule has 106 valence electrons. The van der Waals surface area contributed by atoms with Crippen LogP contribution in [0.1, 0.15) is 37.7 Å². The molecule has 19 heavy (non-hydrogen) atoms. The quantitative estimate of drug-likeness (QED) is 0.699. The molecular formula is C14H17F3IN. The zero-order chi connectivity index (χ0) is 13.9. The van der Waals surface area contributed by atoms with Gasteiger partial charge in [-0.05, 0) is 59.5 Å². The molecule has 0 saturated heterocycles. The fourth-order valence-corrected chi connectivity index (χ4v) is 3.19. The van der Waals surface area contributed by atoms with E-state index in [4.69, 9.17) is 0 Å². The number of hydrogen-bond donors (Lipinski definition) is 1. The van der Waals surface area contributed by atoms with E-state index in [9.17, 15) is 13.2 Å². The maximum absolute atomic E-state index is 12.6. The van der Waals surface area contributed by atoms with Crippen molar-refractivity contribution in [3.8, 4) is 0 Å². The smallest absolute Gasteiger partial charge is 0.384 e. The lowest BCUT2D eigenvalue weighted by Crippen LogP contribution is -2.17. The molecule has 1 aliphatic rings. The first-order valence-corrected chi connectivity index (χ1v) is 7.65. The zero-order valence-electron chi connectivity index (χ0n) is 10.6. The van der Waals surface area contributed by atoms with Crippen LogP contribution in [0.25, 0.3) is 0 Å². The van der Waals surface area contributed by atoms with Gasteiger partial charge in [-0.1, -0.05) is 19.3 Å². The fourth-order valence-electron chi connectivity index (χ4n) is 2.48. The van der Waals surface area contributed by atoms with Crippen LogP contribution in [0.5, 0.6) is 0 Å². The third-order valence-electron chi connectivity index (χ3n) is 3.60. The van der Waals surface area contributed by atoms with Gasteiger partial charge in [-0.2, -0.15) is 13.2 Å². The molecular weight excluding hydrogens is 366 g/mol. The number of benzene rings is 1. The predicted molar refractivity (Wildman–Crippen MR) is 79.2 cm³/mol. The normalized spacial score (nSPS) is 17.5. The van der Waals surface area contributed by atoms with Gasteiger partial charge in [-0.15, -0.1) is 0 Å². The molecule has 1 aliphatic carbocycles. The Morgan fingerprint density at radius 3 is 2.42 bits per heavy atom. The number of rotatable bonds is 3. The van der Waals surface area contributed by atoms with Crippen molar-refractivity contribution >= 4 is 28.3 Å². The van der Waals surface area contributed by atoms with Crippen LogP contribution in [0.2, 0.25) is 0 Å². The number of alkyl halides is 3. The van der Waals surface area contributed by atoms with Crippen LogP contribution in [-0.2, 0) is 6.18 Å². The van der Waals surface area contributed by atoms with Crippen LogP contribution >= 0.6 is 22.6 Å². The van der Waals surface area contributed by atoms with Crippen molar-refractivity contribution in [3.63, 3.8) is 0 Å². The lowest BCUT2D eigenvalue weighted by molar-refractivity contribution is -0.137. The highest BCUT2D eigenvalue weighted by Gasteiger charge is 2.30. The summed E-state index contributed by atoms with van der Waals surface area (Å²) in [6.07, 6.45) is 2.05. The summed E-state index contributed by atoms with van der Waals surface area (Å²) in [7, 11) is 0. The molecule has 5 heteroatoms.